The Balaban J connectivity index is 1.57. The summed E-state index contributed by atoms with van der Waals surface area (Å²) in [5, 5.41) is 0.668. The van der Waals surface area contributed by atoms with E-state index >= 15 is 0 Å². The molecule has 7 heteroatoms. The smallest absolute Gasteiger partial charge is 0.257 e. The van der Waals surface area contributed by atoms with E-state index in [4.69, 9.17) is 4.74 Å². The summed E-state index contributed by atoms with van der Waals surface area (Å²) in [7, 11) is 0. The molecule has 2 aromatic heterocycles. The average molecular weight is 344 g/mol. The van der Waals surface area contributed by atoms with E-state index in [1.165, 1.54) is 11.8 Å². The molecular formula is C17H20N4O2S. The lowest BCUT2D eigenvalue weighted by atomic mass is 10.1. The number of aromatic nitrogens is 3. The van der Waals surface area contributed by atoms with Gasteiger partial charge >= 0.3 is 0 Å². The normalized spacial score (nSPS) is 17.7. The van der Waals surface area contributed by atoms with E-state index in [0.717, 1.165) is 25.1 Å². The van der Waals surface area contributed by atoms with Crippen LogP contribution in [0, 0.1) is 0 Å². The largest absolute Gasteiger partial charge is 0.370 e. The zero-order chi connectivity index (χ0) is 16.8. The molecule has 1 amide bonds. The monoisotopic (exact) mass is 344 g/mol. The topological polar surface area (TPSA) is 68.2 Å². The molecule has 0 spiro atoms. The molecule has 0 bridgehead atoms. The summed E-state index contributed by atoms with van der Waals surface area (Å²) in [5.41, 5.74) is 1.43. The minimum atomic E-state index is -0.0335. The fraction of sp³-hybridized carbons (Fsp3) is 0.412. The van der Waals surface area contributed by atoms with Crippen molar-refractivity contribution in [3.8, 4) is 0 Å². The van der Waals surface area contributed by atoms with Gasteiger partial charge in [0, 0.05) is 31.7 Å². The molecule has 1 aliphatic heterocycles. The summed E-state index contributed by atoms with van der Waals surface area (Å²) in [4.78, 5) is 27.0. The van der Waals surface area contributed by atoms with Crippen LogP contribution in [-0.4, -0.2) is 51.2 Å². The van der Waals surface area contributed by atoms with Crippen molar-refractivity contribution in [2.45, 2.75) is 30.7 Å². The van der Waals surface area contributed by atoms with Gasteiger partial charge in [0.15, 0.2) is 5.16 Å². The molecule has 1 atom stereocenters. The predicted molar refractivity (Wildman–Crippen MR) is 91.8 cm³/mol. The lowest BCUT2D eigenvalue weighted by molar-refractivity contribution is -0.00788. The van der Waals surface area contributed by atoms with Crippen molar-refractivity contribution < 1.29 is 9.53 Å². The fourth-order valence-electron chi connectivity index (χ4n) is 2.66. The highest BCUT2D eigenvalue weighted by molar-refractivity contribution is 7.98. The van der Waals surface area contributed by atoms with Gasteiger partial charge in [0.25, 0.3) is 5.91 Å². The van der Waals surface area contributed by atoms with Gasteiger partial charge in [0.2, 0.25) is 0 Å². The molecule has 126 valence electrons. The maximum Gasteiger partial charge on any atom is 0.257 e. The van der Waals surface area contributed by atoms with E-state index in [2.05, 4.69) is 15.0 Å². The molecule has 0 saturated carbocycles. The maximum absolute atomic E-state index is 12.6. The molecule has 1 saturated heterocycles. The van der Waals surface area contributed by atoms with Crippen LogP contribution in [0.3, 0.4) is 0 Å². The quantitative estimate of drug-likeness (QED) is 0.613. The molecular weight excluding hydrogens is 324 g/mol. The van der Waals surface area contributed by atoms with Crippen molar-refractivity contribution in [1.29, 1.82) is 0 Å². The first-order chi connectivity index (χ1) is 11.8. The third-order valence-electron chi connectivity index (χ3n) is 3.92. The lowest BCUT2D eigenvalue weighted by Gasteiger charge is -2.32. The number of pyridine rings is 1. The summed E-state index contributed by atoms with van der Waals surface area (Å²) in [6, 6.07) is 5.77. The van der Waals surface area contributed by atoms with Gasteiger partial charge in [-0.15, -0.1) is 0 Å². The first-order valence-electron chi connectivity index (χ1n) is 7.93. The van der Waals surface area contributed by atoms with Crippen LogP contribution in [0.15, 0.2) is 41.9 Å². The number of piperidine rings is 1. The molecule has 0 aromatic carbocycles. The predicted octanol–water partition coefficient (Wildman–Crippen LogP) is 2.41. The Kier molecular flexibility index (Phi) is 5.77. The van der Waals surface area contributed by atoms with Gasteiger partial charge in [-0.2, -0.15) is 0 Å². The molecule has 6 nitrogen and oxygen atoms in total. The summed E-state index contributed by atoms with van der Waals surface area (Å²) < 4.78 is 5.93. The molecule has 1 fully saturated rings. The second kappa shape index (κ2) is 8.21. The van der Waals surface area contributed by atoms with Gasteiger partial charge in [-0.3, -0.25) is 9.78 Å². The van der Waals surface area contributed by atoms with Crippen LogP contribution >= 0.6 is 11.8 Å². The number of carbonyl (C=O) groups excluding carboxylic acids is 1. The highest BCUT2D eigenvalue weighted by Gasteiger charge is 2.25. The van der Waals surface area contributed by atoms with E-state index in [1.807, 2.05) is 29.4 Å². The highest BCUT2D eigenvalue weighted by atomic mass is 32.2. The van der Waals surface area contributed by atoms with Crippen LogP contribution in [0.4, 0.5) is 0 Å². The molecule has 24 heavy (non-hydrogen) atoms. The average Bonchev–Trinajstić information content (AvgIpc) is 2.67. The third-order valence-corrected chi connectivity index (χ3v) is 4.49. The Labute approximate surface area is 145 Å². The number of amides is 1. The van der Waals surface area contributed by atoms with Crippen molar-refractivity contribution in [3.63, 3.8) is 0 Å². The first-order valence-corrected chi connectivity index (χ1v) is 9.15. The van der Waals surface area contributed by atoms with E-state index in [1.54, 1.807) is 18.6 Å². The minimum absolute atomic E-state index is 0.0335. The van der Waals surface area contributed by atoms with Crippen LogP contribution in [0.25, 0.3) is 0 Å². The highest BCUT2D eigenvalue weighted by Crippen LogP contribution is 2.17. The third kappa shape index (κ3) is 4.30. The van der Waals surface area contributed by atoms with Crippen molar-refractivity contribution >= 4 is 17.7 Å². The molecule has 3 heterocycles. The van der Waals surface area contributed by atoms with Crippen molar-refractivity contribution in [2.75, 3.05) is 19.3 Å². The Morgan fingerprint density at radius 2 is 2.17 bits per heavy atom. The number of rotatable bonds is 5. The van der Waals surface area contributed by atoms with E-state index in [9.17, 15) is 4.79 Å². The summed E-state index contributed by atoms with van der Waals surface area (Å²) in [5.74, 6) is -0.0335. The van der Waals surface area contributed by atoms with Gasteiger partial charge < -0.3 is 9.64 Å². The zero-order valence-electron chi connectivity index (χ0n) is 13.6. The number of carbonyl (C=O) groups is 1. The van der Waals surface area contributed by atoms with Gasteiger partial charge in [0.05, 0.1) is 24.0 Å². The molecule has 1 unspecified atom stereocenters. The molecule has 2 aromatic rings. The number of nitrogens with zero attached hydrogens (tertiary/aromatic N) is 4. The number of hydrogen-bond acceptors (Lipinski definition) is 6. The first kappa shape index (κ1) is 16.9. The molecule has 0 radical (unpaired) electrons. The van der Waals surface area contributed by atoms with Crippen LogP contribution in [0.2, 0.25) is 0 Å². The second-order valence-corrected chi connectivity index (χ2v) is 6.38. The van der Waals surface area contributed by atoms with Gasteiger partial charge in [-0.1, -0.05) is 17.8 Å². The number of thioether (sulfide) groups is 1. The Hall–Kier alpha value is -1.99. The minimum Gasteiger partial charge on any atom is -0.370 e. The van der Waals surface area contributed by atoms with E-state index < -0.39 is 0 Å². The summed E-state index contributed by atoms with van der Waals surface area (Å²) >= 11 is 1.46. The van der Waals surface area contributed by atoms with Crippen molar-refractivity contribution in [2.24, 2.45) is 0 Å². The van der Waals surface area contributed by atoms with Crippen LogP contribution in [0.5, 0.6) is 0 Å². The summed E-state index contributed by atoms with van der Waals surface area (Å²) in [6.45, 7) is 1.81. The maximum atomic E-state index is 12.6. The number of hydrogen-bond donors (Lipinski definition) is 0. The SMILES string of the molecule is CSc1ncc(C(=O)N2CCCC(OCc3ccccn3)C2)cn1. The zero-order valence-corrected chi connectivity index (χ0v) is 14.4. The van der Waals surface area contributed by atoms with Gasteiger partial charge in [-0.05, 0) is 31.2 Å². The molecule has 3 rings (SSSR count). The molecule has 0 N–H and O–H groups in total. The molecule has 1 aliphatic rings. The van der Waals surface area contributed by atoms with Gasteiger partial charge in [0.1, 0.15) is 0 Å². The number of likely N-dealkylation sites (tertiary alicyclic amines) is 1. The second-order valence-electron chi connectivity index (χ2n) is 5.61. The van der Waals surface area contributed by atoms with E-state index in [0.29, 0.717) is 23.9 Å². The Morgan fingerprint density at radius 3 is 2.88 bits per heavy atom. The van der Waals surface area contributed by atoms with Crippen molar-refractivity contribution in [3.05, 3.63) is 48.0 Å². The van der Waals surface area contributed by atoms with Crippen LogP contribution < -0.4 is 0 Å². The molecule has 0 aliphatic carbocycles. The Bertz CT molecular complexity index is 666. The van der Waals surface area contributed by atoms with Gasteiger partial charge in [-0.25, -0.2) is 9.97 Å². The summed E-state index contributed by atoms with van der Waals surface area (Å²) in [6.07, 6.45) is 8.79. The van der Waals surface area contributed by atoms with Crippen LogP contribution in [-0.2, 0) is 11.3 Å². The standard InChI is InChI=1S/C17H20N4O2S/c1-24-17-19-9-13(10-20-17)16(22)21-8-4-6-15(11-21)23-12-14-5-2-3-7-18-14/h2-3,5,7,9-10,15H,4,6,8,11-12H2,1H3. The fourth-order valence-corrected chi connectivity index (χ4v) is 2.98. The van der Waals surface area contributed by atoms with Crippen LogP contribution in [0.1, 0.15) is 28.9 Å². The van der Waals surface area contributed by atoms with E-state index in [-0.39, 0.29) is 12.0 Å². The Morgan fingerprint density at radius 1 is 1.33 bits per heavy atom. The lowest BCUT2D eigenvalue weighted by Crippen LogP contribution is -2.43. The van der Waals surface area contributed by atoms with Crippen molar-refractivity contribution in [1.82, 2.24) is 19.9 Å². The number of ether oxygens (including phenoxy) is 1.